The molecular weight excluding hydrogens is 304 g/mol. The number of hydrogen-bond acceptors (Lipinski definition) is 4. The zero-order chi connectivity index (χ0) is 13.1. The number of rotatable bonds is 3. The summed E-state index contributed by atoms with van der Waals surface area (Å²) in [6.45, 7) is 2.34. The first kappa shape index (κ1) is 12.4. The molecule has 1 aliphatic heterocycles. The van der Waals surface area contributed by atoms with E-state index in [9.17, 15) is 0 Å². The van der Waals surface area contributed by atoms with E-state index in [0.717, 1.165) is 16.1 Å². The van der Waals surface area contributed by atoms with Gasteiger partial charge in [-0.25, -0.2) is 9.97 Å². The molecular formula is C14H15BrN4. The van der Waals surface area contributed by atoms with Crippen molar-refractivity contribution in [1.82, 2.24) is 9.97 Å². The van der Waals surface area contributed by atoms with Crippen molar-refractivity contribution in [3.63, 3.8) is 0 Å². The van der Waals surface area contributed by atoms with Gasteiger partial charge in [0.2, 0.25) is 0 Å². The second-order valence-corrected chi connectivity index (χ2v) is 5.40. The minimum absolute atomic E-state index is 0.777. The van der Waals surface area contributed by atoms with Crippen LogP contribution in [0, 0.1) is 0 Å². The molecule has 1 aliphatic rings. The summed E-state index contributed by atoms with van der Waals surface area (Å²) in [6, 6.07) is 10.3. The quantitative estimate of drug-likeness (QED) is 0.878. The Labute approximate surface area is 121 Å². The molecule has 3 rings (SSSR count). The maximum absolute atomic E-state index is 4.17. The molecule has 1 aromatic heterocycles. The SMILES string of the molecule is Brc1cc(Nc2ccc(N3CCCC3)cc2)ncn1. The molecule has 0 aliphatic carbocycles. The monoisotopic (exact) mass is 318 g/mol. The minimum atomic E-state index is 0.777. The Bertz CT molecular complexity index is 550. The lowest BCUT2D eigenvalue weighted by Crippen LogP contribution is -2.17. The van der Waals surface area contributed by atoms with E-state index in [0.29, 0.717) is 0 Å². The lowest BCUT2D eigenvalue weighted by molar-refractivity contribution is 0.949. The number of hydrogen-bond donors (Lipinski definition) is 1. The van der Waals surface area contributed by atoms with Crippen molar-refractivity contribution in [2.75, 3.05) is 23.3 Å². The average Bonchev–Trinajstić information content (AvgIpc) is 2.94. The van der Waals surface area contributed by atoms with Gasteiger partial charge in [-0.05, 0) is 53.0 Å². The first-order valence-corrected chi connectivity index (χ1v) is 7.20. The normalized spacial score (nSPS) is 14.7. The molecule has 2 aromatic rings. The Hall–Kier alpha value is -1.62. The second kappa shape index (κ2) is 5.57. The van der Waals surface area contributed by atoms with Crippen LogP contribution in [0.5, 0.6) is 0 Å². The van der Waals surface area contributed by atoms with E-state index in [4.69, 9.17) is 0 Å². The van der Waals surface area contributed by atoms with Crippen LogP contribution in [0.3, 0.4) is 0 Å². The first-order valence-electron chi connectivity index (χ1n) is 6.41. The van der Waals surface area contributed by atoms with Crippen molar-refractivity contribution in [2.24, 2.45) is 0 Å². The van der Waals surface area contributed by atoms with Crippen LogP contribution in [-0.2, 0) is 0 Å². The summed E-state index contributed by atoms with van der Waals surface area (Å²) < 4.78 is 0.777. The Balaban J connectivity index is 1.72. The number of benzene rings is 1. The largest absolute Gasteiger partial charge is 0.372 e. The molecule has 0 atom stereocenters. The molecule has 19 heavy (non-hydrogen) atoms. The van der Waals surface area contributed by atoms with Gasteiger partial charge in [-0.1, -0.05) is 0 Å². The molecule has 0 bridgehead atoms. The zero-order valence-corrected chi connectivity index (χ0v) is 12.1. The molecule has 1 fully saturated rings. The molecule has 0 spiro atoms. The van der Waals surface area contributed by atoms with Crippen molar-refractivity contribution in [3.05, 3.63) is 41.3 Å². The average molecular weight is 319 g/mol. The van der Waals surface area contributed by atoms with Gasteiger partial charge in [0.05, 0.1) is 0 Å². The van der Waals surface area contributed by atoms with E-state index in [2.05, 4.69) is 60.4 Å². The van der Waals surface area contributed by atoms with Crippen LogP contribution in [-0.4, -0.2) is 23.1 Å². The van der Waals surface area contributed by atoms with E-state index in [1.807, 2.05) is 6.07 Å². The molecule has 98 valence electrons. The van der Waals surface area contributed by atoms with Gasteiger partial charge in [0.15, 0.2) is 0 Å². The number of nitrogens with one attached hydrogen (secondary N) is 1. The standard InChI is InChI=1S/C14H15BrN4/c15-13-9-14(17-10-16-13)18-11-3-5-12(6-4-11)19-7-1-2-8-19/h3-6,9-10H,1-2,7-8H2,(H,16,17,18). The summed E-state index contributed by atoms with van der Waals surface area (Å²) >= 11 is 3.33. The molecule has 0 amide bonds. The third-order valence-corrected chi connectivity index (χ3v) is 3.68. The molecule has 1 N–H and O–H groups in total. The predicted octanol–water partition coefficient (Wildman–Crippen LogP) is 3.58. The first-order chi connectivity index (χ1) is 9.31. The summed E-state index contributed by atoms with van der Waals surface area (Å²) in [5.74, 6) is 0.788. The third kappa shape index (κ3) is 3.04. The molecule has 0 unspecified atom stereocenters. The summed E-state index contributed by atoms with van der Waals surface area (Å²) in [4.78, 5) is 10.6. The molecule has 1 aromatic carbocycles. The Morgan fingerprint density at radius 3 is 2.47 bits per heavy atom. The maximum atomic E-state index is 4.17. The lowest BCUT2D eigenvalue weighted by Gasteiger charge is -2.17. The molecule has 2 heterocycles. The summed E-state index contributed by atoms with van der Waals surface area (Å²) in [6.07, 6.45) is 4.13. The van der Waals surface area contributed by atoms with Gasteiger partial charge in [-0.15, -0.1) is 0 Å². The highest BCUT2D eigenvalue weighted by Crippen LogP contribution is 2.23. The van der Waals surface area contributed by atoms with Crippen molar-refractivity contribution in [2.45, 2.75) is 12.8 Å². The maximum Gasteiger partial charge on any atom is 0.134 e. The van der Waals surface area contributed by atoms with Crippen molar-refractivity contribution >= 4 is 33.1 Å². The van der Waals surface area contributed by atoms with E-state index in [1.165, 1.54) is 37.9 Å². The van der Waals surface area contributed by atoms with Crippen LogP contribution in [0.4, 0.5) is 17.2 Å². The van der Waals surface area contributed by atoms with Crippen LogP contribution in [0.25, 0.3) is 0 Å². The Morgan fingerprint density at radius 2 is 1.79 bits per heavy atom. The molecule has 5 heteroatoms. The topological polar surface area (TPSA) is 41.0 Å². The lowest BCUT2D eigenvalue weighted by atomic mass is 10.2. The fourth-order valence-electron chi connectivity index (χ4n) is 2.28. The minimum Gasteiger partial charge on any atom is -0.372 e. The van der Waals surface area contributed by atoms with Crippen LogP contribution in [0.1, 0.15) is 12.8 Å². The smallest absolute Gasteiger partial charge is 0.134 e. The second-order valence-electron chi connectivity index (χ2n) is 4.59. The van der Waals surface area contributed by atoms with Gasteiger partial charge in [-0.3, -0.25) is 0 Å². The number of nitrogens with zero attached hydrogens (tertiary/aromatic N) is 3. The van der Waals surface area contributed by atoms with E-state index in [1.54, 1.807) is 0 Å². The van der Waals surface area contributed by atoms with Gasteiger partial charge < -0.3 is 10.2 Å². The van der Waals surface area contributed by atoms with Gasteiger partial charge in [0.25, 0.3) is 0 Å². The summed E-state index contributed by atoms with van der Waals surface area (Å²) in [5, 5.41) is 3.26. The van der Waals surface area contributed by atoms with E-state index in [-0.39, 0.29) is 0 Å². The van der Waals surface area contributed by atoms with E-state index < -0.39 is 0 Å². The van der Waals surface area contributed by atoms with Gasteiger partial charge in [-0.2, -0.15) is 0 Å². The Morgan fingerprint density at radius 1 is 1.05 bits per heavy atom. The number of halogens is 1. The number of anilines is 3. The molecule has 0 saturated carbocycles. The molecule has 4 nitrogen and oxygen atoms in total. The molecule has 0 radical (unpaired) electrons. The summed E-state index contributed by atoms with van der Waals surface area (Å²) in [5.41, 5.74) is 2.33. The fraction of sp³-hybridized carbons (Fsp3) is 0.286. The number of aromatic nitrogens is 2. The summed E-state index contributed by atoms with van der Waals surface area (Å²) in [7, 11) is 0. The van der Waals surface area contributed by atoms with Gasteiger partial charge >= 0.3 is 0 Å². The third-order valence-electron chi connectivity index (χ3n) is 3.24. The van der Waals surface area contributed by atoms with E-state index >= 15 is 0 Å². The molecule has 1 saturated heterocycles. The predicted molar refractivity (Wildman–Crippen MR) is 80.9 cm³/mol. The van der Waals surface area contributed by atoms with Crippen molar-refractivity contribution in [3.8, 4) is 0 Å². The highest BCUT2D eigenvalue weighted by Gasteiger charge is 2.11. The van der Waals surface area contributed by atoms with Crippen LogP contribution in [0.15, 0.2) is 41.3 Å². The zero-order valence-electron chi connectivity index (χ0n) is 10.5. The van der Waals surface area contributed by atoms with Gasteiger partial charge in [0.1, 0.15) is 16.7 Å². The van der Waals surface area contributed by atoms with Crippen molar-refractivity contribution < 1.29 is 0 Å². The fourth-order valence-corrected chi connectivity index (χ4v) is 2.59. The highest BCUT2D eigenvalue weighted by atomic mass is 79.9. The van der Waals surface area contributed by atoms with Gasteiger partial charge in [0, 0.05) is 30.5 Å². The Kier molecular flexibility index (Phi) is 3.64. The highest BCUT2D eigenvalue weighted by molar-refractivity contribution is 9.10. The van der Waals surface area contributed by atoms with Crippen LogP contribution >= 0.6 is 15.9 Å². The van der Waals surface area contributed by atoms with Crippen LogP contribution < -0.4 is 10.2 Å². The van der Waals surface area contributed by atoms with Crippen LogP contribution in [0.2, 0.25) is 0 Å². The van der Waals surface area contributed by atoms with Crippen molar-refractivity contribution in [1.29, 1.82) is 0 Å².